The van der Waals surface area contributed by atoms with Crippen LogP contribution in [0.15, 0.2) is 51.2 Å². The van der Waals surface area contributed by atoms with Crippen LogP contribution in [0.2, 0.25) is 0 Å². The molecule has 0 unspecified atom stereocenters. The van der Waals surface area contributed by atoms with E-state index in [4.69, 9.17) is 9.15 Å². The van der Waals surface area contributed by atoms with E-state index in [1.54, 1.807) is 36.7 Å². The maximum absolute atomic E-state index is 13.0. The van der Waals surface area contributed by atoms with Crippen LogP contribution < -0.4 is 9.64 Å². The molecule has 4 rings (SSSR count). The molecule has 0 bridgehead atoms. The van der Waals surface area contributed by atoms with Gasteiger partial charge in [0.15, 0.2) is 11.7 Å². The zero-order chi connectivity index (χ0) is 19.7. The third-order valence-corrected chi connectivity index (χ3v) is 8.18. The Hall–Kier alpha value is -2.36. The third-order valence-electron chi connectivity index (χ3n) is 4.72. The Morgan fingerprint density at radius 2 is 1.79 bits per heavy atom. The summed E-state index contributed by atoms with van der Waals surface area (Å²) in [7, 11) is -1.88. The first-order valence-corrected chi connectivity index (χ1v) is 11.1. The Kier molecular flexibility index (Phi) is 5.13. The minimum Gasteiger partial charge on any atom is -0.497 e. The average molecular weight is 420 g/mol. The summed E-state index contributed by atoms with van der Waals surface area (Å²) < 4.78 is 38.6. The van der Waals surface area contributed by atoms with Crippen molar-refractivity contribution in [1.29, 1.82) is 0 Å². The molecule has 3 heterocycles. The summed E-state index contributed by atoms with van der Waals surface area (Å²) in [5, 5.41) is 0. The van der Waals surface area contributed by atoms with Gasteiger partial charge in [-0.1, -0.05) is 0 Å². The molecule has 0 N–H and O–H groups in total. The van der Waals surface area contributed by atoms with Crippen LogP contribution in [0.5, 0.6) is 5.75 Å². The van der Waals surface area contributed by atoms with E-state index in [1.165, 1.54) is 11.3 Å². The van der Waals surface area contributed by atoms with E-state index in [9.17, 15) is 8.42 Å². The number of nitrogens with zero attached hydrogens (tertiary/aromatic N) is 3. The van der Waals surface area contributed by atoms with Gasteiger partial charge in [0, 0.05) is 38.8 Å². The number of piperazine rings is 1. The van der Waals surface area contributed by atoms with Gasteiger partial charge in [-0.25, -0.2) is 13.4 Å². The monoisotopic (exact) mass is 419 g/mol. The molecule has 0 amide bonds. The molecule has 7 nitrogen and oxygen atoms in total. The molecule has 0 saturated carbocycles. The van der Waals surface area contributed by atoms with Crippen molar-refractivity contribution in [2.75, 3.05) is 38.2 Å². The smallest absolute Gasteiger partial charge is 0.252 e. The van der Waals surface area contributed by atoms with Crippen molar-refractivity contribution in [3.8, 4) is 16.4 Å². The molecular formula is C19H21N3O4S2. The van der Waals surface area contributed by atoms with Gasteiger partial charge in [0.2, 0.25) is 0 Å². The van der Waals surface area contributed by atoms with E-state index in [-0.39, 0.29) is 0 Å². The van der Waals surface area contributed by atoms with E-state index in [0.717, 1.165) is 16.3 Å². The number of aromatic nitrogens is 1. The van der Waals surface area contributed by atoms with Crippen molar-refractivity contribution in [3.63, 3.8) is 0 Å². The second kappa shape index (κ2) is 7.57. The lowest BCUT2D eigenvalue weighted by Gasteiger charge is -2.35. The summed E-state index contributed by atoms with van der Waals surface area (Å²) in [6, 6.07) is 11.2. The standard InChI is InChI=1S/C19H21N3O4S2/c1-14-20-13-17(26-14)18-7-8-19(27-18)28(23,24)22-11-9-21(10-12-22)15-3-5-16(25-2)6-4-15/h3-8,13H,9-12H2,1-2H3. The SMILES string of the molecule is COc1ccc(N2CCN(S(=O)(=O)c3ccc(-c4cnc(C)o4)s3)CC2)cc1. The summed E-state index contributed by atoms with van der Waals surface area (Å²) in [6.45, 7) is 3.94. The molecule has 0 aliphatic carbocycles. The number of aryl methyl sites for hydroxylation is 1. The number of sulfonamides is 1. The molecule has 1 aliphatic heterocycles. The molecule has 0 radical (unpaired) electrons. The molecular weight excluding hydrogens is 398 g/mol. The van der Waals surface area contributed by atoms with Gasteiger partial charge < -0.3 is 14.1 Å². The fourth-order valence-corrected chi connectivity index (χ4v) is 6.00. The average Bonchev–Trinajstić information content (AvgIpc) is 3.38. The fourth-order valence-electron chi connectivity index (χ4n) is 3.17. The summed E-state index contributed by atoms with van der Waals surface area (Å²) >= 11 is 1.21. The minimum atomic E-state index is -3.52. The zero-order valence-corrected chi connectivity index (χ0v) is 17.3. The second-order valence-electron chi connectivity index (χ2n) is 6.45. The number of hydrogen-bond acceptors (Lipinski definition) is 7. The molecule has 9 heteroatoms. The molecule has 1 saturated heterocycles. The van der Waals surface area contributed by atoms with Gasteiger partial charge in [-0.05, 0) is 36.4 Å². The van der Waals surface area contributed by atoms with Gasteiger partial charge in [0.25, 0.3) is 10.0 Å². The molecule has 0 spiro atoms. The predicted octanol–water partition coefficient (Wildman–Crippen LogP) is 3.23. The van der Waals surface area contributed by atoms with Gasteiger partial charge >= 0.3 is 0 Å². The van der Waals surface area contributed by atoms with Gasteiger partial charge in [-0.2, -0.15) is 4.31 Å². The number of rotatable bonds is 5. The fraction of sp³-hybridized carbons (Fsp3) is 0.316. The highest BCUT2D eigenvalue weighted by Gasteiger charge is 2.30. The lowest BCUT2D eigenvalue weighted by Crippen LogP contribution is -2.48. The third kappa shape index (κ3) is 3.65. The van der Waals surface area contributed by atoms with E-state index in [1.807, 2.05) is 24.3 Å². The Morgan fingerprint density at radius 3 is 2.39 bits per heavy atom. The molecule has 1 aromatic carbocycles. The zero-order valence-electron chi connectivity index (χ0n) is 15.7. The number of hydrogen-bond donors (Lipinski definition) is 0. The van der Waals surface area contributed by atoms with E-state index in [0.29, 0.717) is 42.0 Å². The van der Waals surface area contributed by atoms with Crippen LogP contribution in [0.3, 0.4) is 0 Å². The summed E-state index contributed by atoms with van der Waals surface area (Å²) in [5.41, 5.74) is 1.07. The minimum absolute atomic E-state index is 0.328. The van der Waals surface area contributed by atoms with Crippen LogP contribution in [0.25, 0.3) is 10.6 Å². The van der Waals surface area contributed by atoms with Crippen LogP contribution in [0, 0.1) is 6.92 Å². The first-order chi connectivity index (χ1) is 13.5. The Labute approximate surface area is 168 Å². The van der Waals surface area contributed by atoms with Crippen molar-refractivity contribution in [3.05, 3.63) is 48.5 Å². The highest BCUT2D eigenvalue weighted by atomic mass is 32.2. The Balaban J connectivity index is 1.45. The van der Waals surface area contributed by atoms with Crippen LogP contribution in [0.1, 0.15) is 5.89 Å². The normalized spacial score (nSPS) is 15.7. The van der Waals surface area contributed by atoms with Crippen molar-refractivity contribution >= 4 is 27.0 Å². The number of methoxy groups -OCH3 is 1. The largest absolute Gasteiger partial charge is 0.497 e. The maximum Gasteiger partial charge on any atom is 0.252 e. The molecule has 28 heavy (non-hydrogen) atoms. The Morgan fingerprint density at radius 1 is 1.07 bits per heavy atom. The topological polar surface area (TPSA) is 75.9 Å². The van der Waals surface area contributed by atoms with Crippen molar-refractivity contribution in [2.45, 2.75) is 11.1 Å². The van der Waals surface area contributed by atoms with Crippen LogP contribution in [0.4, 0.5) is 5.69 Å². The van der Waals surface area contributed by atoms with Gasteiger partial charge in [-0.3, -0.25) is 0 Å². The van der Waals surface area contributed by atoms with Crippen LogP contribution in [-0.2, 0) is 10.0 Å². The number of benzene rings is 1. The quantitative estimate of drug-likeness (QED) is 0.632. The summed E-state index contributed by atoms with van der Waals surface area (Å²) in [6.07, 6.45) is 1.62. The van der Waals surface area contributed by atoms with Gasteiger partial charge in [0.1, 0.15) is 9.96 Å². The van der Waals surface area contributed by atoms with Crippen molar-refractivity contribution in [1.82, 2.24) is 9.29 Å². The number of oxazole rings is 1. The highest BCUT2D eigenvalue weighted by molar-refractivity contribution is 7.91. The van der Waals surface area contributed by atoms with Crippen molar-refractivity contribution < 1.29 is 17.6 Å². The van der Waals surface area contributed by atoms with E-state index in [2.05, 4.69) is 9.88 Å². The molecule has 0 atom stereocenters. The summed E-state index contributed by atoms with van der Waals surface area (Å²) in [4.78, 5) is 7.01. The number of anilines is 1. The lowest BCUT2D eigenvalue weighted by atomic mass is 10.2. The molecule has 1 fully saturated rings. The summed E-state index contributed by atoms with van der Waals surface area (Å²) in [5.74, 6) is 1.95. The van der Waals surface area contributed by atoms with Gasteiger partial charge in [0.05, 0.1) is 18.2 Å². The first-order valence-electron chi connectivity index (χ1n) is 8.89. The lowest BCUT2D eigenvalue weighted by molar-refractivity contribution is 0.385. The van der Waals surface area contributed by atoms with E-state index < -0.39 is 10.0 Å². The predicted molar refractivity (Wildman–Crippen MR) is 109 cm³/mol. The van der Waals surface area contributed by atoms with Gasteiger partial charge in [-0.15, -0.1) is 11.3 Å². The second-order valence-corrected chi connectivity index (χ2v) is 9.70. The van der Waals surface area contributed by atoms with Crippen molar-refractivity contribution in [2.24, 2.45) is 0 Å². The first kappa shape index (κ1) is 19.0. The Bertz CT molecular complexity index is 1050. The number of ether oxygens (including phenoxy) is 1. The maximum atomic E-state index is 13.0. The van der Waals surface area contributed by atoms with E-state index >= 15 is 0 Å². The molecule has 148 valence electrons. The number of thiophene rings is 1. The molecule has 1 aliphatic rings. The highest BCUT2D eigenvalue weighted by Crippen LogP contribution is 2.33. The van der Waals surface area contributed by atoms with Crippen LogP contribution >= 0.6 is 11.3 Å². The molecule has 2 aromatic heterocycles. The molecule has 3 aromatic rings. The van der Waals surface area contributed by atoms with Crippen LogP contribution in [-0.4, -0.2) is 51.0 Å².